The van der Waals surface area contributed by atoms with Crippen LogP contribution >= 0.6 is 0 Å². The maximum Gasteiger partial charge on any atom is 0.416 e. The molecule has 1 amide bonds. The van der Waals surface area contributed by atoms with E-state index in [9.17, 15) is 18.0 Å². The number of hydrogen-bond donors (Lipinski definition) is 1. The first-order valence-electron chi connectivity index (χ1n) is 8.07. The third kappa shape index (κ3) is 5.13. The Morgan fingerprint density at radius 1 is 1.19 bits per heavy atom. The van der Waals surface area contributed by atoms with Crippen LogP contribution in [0.15, 0.2) is 53.3 Å². The molecule has 9 heteroatoms. The van der Waals surface area contributed by atoms with Crippen LogP contribution in [-0.2, 0) is 23.9 Å². The van der Waals surface area contributed by atoms with Crippen LogP contribution in [0.1, 0.15) is 23.4 Å². The predicted molar refractivity (Wildman–Crippen MR) is 89.1 cm³/mol. The SMILES string of the molecule is O=C(CCc1nc(-c2cccc(C(F)(F)F)c2)no1)NCc1cccnc1. The summed E-state index contributed by atoms with van der Waals surface area (Å²) in [5.41, 5.74) is 0.275. The zero-order valence-electron chi connectivity index (χ0n) is 14.0. The molecular weight excluding hydrogens is 361 g/mol. The minimum absolute atomic E-state index is 0.0480. The highest BCUT2D eigenvalue weighted by Gasteiger charge is 2.30. The normalized spacial score (nSPS) is 11.4. The fraction of sp³-hybridized carbons (Fsp3) is 0.222. The lowest BCUT2D eigenvalue weighted by atomic mass is 10.1. The summed E-state index contributed by atoms with van der Waals surface area (Å²) in [7, 11) is 0. The molecule has 0 unspecified atom stereocenters. The van der Waals surface area contributed by atoms with Crippen LogP contribution in [0.4, 0.5) is 13.2 Å². The van der Waals surface area contributed by atoms with Gasteiger partial charge in [-0.05, 0) is 23.8 Å². The summed E-state index contributed by atoms with van der Waals surface area (Å²) in [6.45, 7) is 0.353. The van der Waals surface area contributed by atoms with Gasteiger partial charge in [0.05, 0.1) is 5.56 Å². The second kappa shape index (κ2) is 7.98. The van der Waals surface area contributed by atoms with E-state index < -0.39 is 11.7 Å². The summed E-state index contributed by atoms with van der Waals surface area (Å²) < 4.78 is 43.4. The molecule has 0 spiro atoms. The van der Waals surface area contributed by atoms with E-state index in [2.05, 4.69) is 20.4 Å². The Kier molecular flexibility index (Phi) is 5.49. The van der Waals surface area contributed by atoms with Gasteiger partial charge in [-0.2, -0.15) is 18.2 Å². The zero-order valence-corrected chi connectivity index (χ0v) is 14.0. The van der Waals surface area contributed by atoms with E-state index >= 15 is 0 Å². The van der Waals surface area contributed by atoms with Gasteiger partial charge in [-0.15, -0.1) is 0 Å². The summed E-state index contributed by atoms with van der Waals surface area (Å²) >= 11 is 0. The first-order chi connectivity index (χ1) is 12.9. The summed E-state index contributed by atoms with van der Waals surface area (Å²) in [5.74, 6) is 0.0171. The van der Waals surface area contributed by atoms with Crippen molar-refractivity contribution in [2.24, 2.45) is 0 Å². The molecule has 1 N–H and O–H groups in total. The Balaban J connectivity index is 1.56. The van der Waals surface area contributed by atoms with E-state index in [-0.39, 0.29) is 36.0 Å². The highest BCUT2D eigenvalue weighted by atomic mass is 19.4. The monoisotopic (exact) mass is 376 g/mol. The Labute approximate surface area is 152 Å². The number of benzene rings is 1. The van der Waals surface area contributed by atoms with Gasteiger partial charge >= 0.3 is 6.18 Å². The summed E-state index contributed by atoms with van der Waals surface area (Å²) in [6, 6.07) is 8.28. The lowest BCUT2D eigenvalue weighted by Crippen LogP contribution is -2.23. The minimum atomic E-state index is -4.45. The Hall–Kier alpha value is -3.23. The maximum absolute atomic E-state index is 12.8. The molecule has 3 aromatic rings. The summed E-state index contributed by atoms with van der Waals surface area (Å²) in [5, 5.41) is 6.43. The molecule has 0 atom stereocenters. The van der Waals surface area contributed by atoms with Crippen LogP contribution < -0.4 is 5.32 Å². The summed E-state index contributed by atoms with van der Waals surface area (Å²) in [4.78, 5) is 19.9. The molecule has 0 radical (unpaired) electrons. The molecule has 27 heavy (non-hydrogen) atoms. The van der Waals surface area contributed by atoms with Gasteiger partial charge in [-0.25, -0.2) is 0 Å². The van der Waals surface area contributed by atoms with Gasteiger partial charge in [-0.3, -0.25) is 9.78 Å². The van der Waals surface area contributed by atoms with Gasteiger partial charge in [0.15, 0.2) is 0 Å². The number of pyridine rings is 1. The third-order valence-corrected chi connectivity index (χ3v) is 3.69. The van der Waals surface area contributed by atoms with Crippen molar-refractivity contribution in [2.75, 3.05) is 0 Å². The van der Waals surface area contributed by atoms with Crippen molar-refractivity contribution < 1.29 is 22.5 Å². The molecule has 6 nitrogen and oxygen atoms in total. The molecule has 2 heterocycles. The number of amides is 1. The largest absolute Gasteiger partial charge is 0.416 e. The number of carbonyl (C=O) groups is 1. The number of rotatable bonds is 6. The lowest BCUT2D eigenvalue weighted by molar-refractivity contribution is -0.137. The molecule has 0 saturated carbocycles. The maximum atomic E-state index is 12.8. The van der Waals surface area contributed by atoms with E-state index in [4.69, 9.17) is 4.52 Å². The van der Waals surface area contributed by atoms with Crippen molar-refractivity contribution in [3.63, 3.8) is 0 Å². The highest BCUT2D eigenvalue weighted by Crippen LogP contribution is 2.31. The van der Waals surface area contributed by atoms with Crippen molar-refractivity contribution in [1.29, 1.82) is 0 Å². The first kappa shape index (κ1) is 18.6. The molecule has 0 aliphatic carbocycles. The van der Waals surface area contributed by atoms with Gasteiger partial charge in [0.25, 0.3) is 0 Å². The first-order valence-corrected chi connectivity index (χ1v) is 8.07. The van der Waals surface area contributed by atoms with Crippen molar-refractivity contribution in [3.05, 3.63) is 65.8 Å². The fourth-order valence-electron chi connectivity index (χ4n) is 2.32. The lowest BCUT2D eigenvalue weighted by Gasteiger charge is -2.06. The molecule has 0 bridgehead atoms. The Morgan fingerprint density at radius 3 is 2.78 bits per heavy atom. The number of carbonyl (C=O) groups excluding carboxylic acids is 1. The molecule has 1 aromatic carbocycles. The highest BCUT2D eigenvalue weighted by molar-refractivity contribution is 5.76. The quantitative estimate of drug-likeness (QED) is 0.713. The van der Waals surface area contributed by atoms with Crippen LogP contribution in [0.25, 0.3) is 11.4 Å². The second-order valence-corrected chi connectivity index (χ2v) is 5.73. The molecule has 3 rings (SSSR count). The number of alkyl halides is 3. The van der Waals surface area contributed by atoms with Gasteiger partial charge in [0.1, 0.15) is 0 Å². The molecular formula is C18H15F3N4O2. The van der Waals surface area contributed by atoms with E-state index in [1.807, 2.05) is 6.07 Å². The van der Waals surface area contributed by atoms with Crippen molar-refractivity contribution in [3.8, 4) is 11.4 Å². The van der Waals surface area contributed by atoms with Gasteiger partial charge < -0.3 is 9.84 Å². The molecule has 140 valence electrons. The number of aryl methyl sites for hydroxylation is 1. The van der Waals surface area contributed by atoms with Crippen LogP contribution in [0.2, 0.25) is 0 Å². The van der Waals surface area contributed by atoms with E-state index in [1.165, 1.54) is 12.1 Å². The van der Waals surface area contributed by atoms with E-state index in [0.717, 1.165) is 17.7 Å². The number of nitrogens with zero attached hydrogens (tertiary/aromatic N) is 3. The Bertz CT molecular complexity index is 910. The van der Waals surface area contributed by atoms with Gasteiger partial charge in [-0.1, -0.05) is 23.4 Å². The van der Waals surface area contributed by atoms with Crippen molar-refractivity contribution >= 4 is 5.91 Å². The number of hydrogen-bond acceptors (Lipinski definition) is 5. The molecule has 0 saturated heterocycles. The molecule has 0 fully saturated rings. The zero-order chi connectivity index (χ0) is 19.3. The Morgan fingerprint density at radius 2 is 2.04 bits per heavy atom. The fourth-order valence-corrected chi connectivity index (χ4v) is 2.32. The second-order valence-electron chi connectivity index (χ2n) is 5.73. The van der Waals surface area contributed by atoms with Crippen LogP contribution in [-0.4, -0.2) is 21.0 Å². The average Bonchev–Trinajstić information content (AvgIpc) is 3.14. The van der Waals surface area contributed by atoms with Crippen LogP contribution in [0, 0.1) is 0 Å². The standard InChI is InChI=1S/C18H15F3N4O2/c19-18(20,21)14-5-1-4-13(9-14)17-24-16(27-25-17)7-6-15(26)23-11-12-3-2-8-22-10-12/h1-5,8-10H,6-7,11H2,(H,23,26). The van der Waals surface area contributed by atoms with Gasteiger partial charge in [0, 0.05) is 37.3 Å². The van der Waals surface area contributed by atoms with E-state index in [1.54, 1.807) is 18.5 Å². The van der Waals surface area contributed by atoms with Crippen LogP contribution in [0.3, 0.4) is 0 Å². The van der Waals surface area contributed by atoms with Crippen molar-refractivity contribution in [1.82, 2.24) is 20.4 Å². The third-order valence-electron chi connectivity index (χ3n) is 3.69. The smallest absolute Gasteiger partial charge is 0.352 e. The number of halogens is 3. The van der Waals surface area contributed by atoms with E-state index in [0.29, 0.717) is 6.54 Å². The molecule has 0 aliphatic heterocycles. The van der Waals surface area contributed by atoms with Gasteiger partial charge in [0.2, 0.25) is 17.6 Å². The topological polar surface area (TPSA) is 80.9 Å². The number of nitrogens with one attached hydrogen (secondary N) is 1. The molecule has 2 aromatic heterocycles. The molecule has 0 aliphatic rings. The summed E-state index contributed by atoms with van der Waals surface area (Å²) in [6.07, 6.45) is -0.854. The number of aromatic nitrogens is 3. The minimum Gasteiger partial charge on any atom is -0.352 e. The van der Waals surface area contributed by atoms with Crippen molar-refractivity contribution in [2.45, 2.75) is 25.6 Å². The average molecular weight is 376 g/mol. The predicted octanol–water partition coefficient (Wildman–Crippen LogP) is 3.40. The van der Waals surface area contributed by atoms with Crippen LogP contribution in [0.5, 0.6) is 0 Å².